The maximum absolute atomic E-state index is 13.3. The van der Waals surface area contributed by atoms with Crippen molar-refractivity contribution in [2.24, 2.45) is 5.92 Å². The van der Waals surface area contributed by atoms with E-state index in [4.69, 9.17) is 0 Å². The molecule has 1 saturated heterocycles. The molecule has 2 atom stereocenters. The molecule has 124 valence electrons. The van der Waals surface area contributed by atoms with Gasteiger partial charge in [-0.25, -0.2) is 17.1 Å². The first-order valence-electron chi connectivity index (χ1n) is 7.74. The molecule has 1 fully saturated rings. The van der Waals surface area contributed by atoms with Crippen LogP contribution in [0.1, 0.15) is 30.9 Å². The molecule has 0 amide bonds. The summed E-state index contributed by atoms with van der Waals surface area (Å²) in [6.45, 7) is 5.68. The third-order valence-electron chi connectivity index (χ3n) is 4.48. The van der Waals surface area contributed by atoms with Gasteiger partial charge in [-0.1, -0.05) is 25.5 Å². The number of halogens is 1. The van der Waals surface area contributed by atoms with Gasteiger partial charge in [-0.05, 0) is 36.5 Å². The van der Waals surface area contributed by atoms with Gasteiger partial charge in [0.15, 0.2) is 0 Å². The zero-order valence-electron chi connectivity index (χ0n) is 13.5. The van der Waals surface area contributed by atoms with Crippen LogP contribution >= 0.6 is 0 Å². The molecule has 0 aromatic heterocycles. The zero-order valence-corrected chi connectivity index (χ0v) is 14.3. The predicted molar refractivity (Wildman–Crippen MR) is 86.6 cm³/mol. The first-order chi connectivity index (χ1) is 10.3. The van der Waals surface area contributed by atoms with E-state index in [1.54, 1.807) is 17.3 Å². The maximum atomic E-state index is 13.3. The molecule has 2 rings (SSSR count). The van der Waals surface area contributed by atoms with E-state index in [0.29, 0.717) is 37.2 Å². The Kier molecular flexibility index (Phi) is 5.58. The summed E-state index contributed by atoms with van der Waals surface area (Å²) in [7, 11) is -3.11. The Morgan fingerprint density at radius 1 is 1.41 bits per heavy atom. The fourth-order valence-electron chi connectivity index (χ4n) is 3.05. The molecule has 1 aliphatic rings. The van der Waals surface area contributed by atoms with E-state index in [-0.39, 0.29) is 5.82 Å². The number of nitrogens with one attached hydrogen (secondary N) is 1. The number of nitrogens with zero attached hydrogens (tertiary/aromatic N) is 1. The molecule has 1 aromatic rings. The number of aryl methyl sites for hydroxylation is 1. The van der Waals surface area contributed by atoms with Gasteiger partial charge < -0.3 is 5.32 Å². The summed E-state index contributed by atoms with van der Waals surface area (Å²) in [4.78, 5) is 0. The van der Waals surface area contributed by atoms with Crippen LogP contribution in [0.4, 0.5) is 4.39 Å². The molecule has 6 heteroatoms. The van der Waals surface area contributed by atoms with Crippen LogP contribution in [0.5, 0.6) is 0 Å². The Morgan fingerprint density at radius 3 is 2.73 bits per heavy atom. The Bertz CT molecular complexity index is 619. The average molecular weight is 328 g/mol. The molecule has 0 radical (unpaired) electrons. The van der Waals surface area contributed by atoms with Crippen LogP contribution in [0, 0.1) is 18.7 Å². The smallest absolute Gasteiger partial charge is 0.211 e. The van der Waals surface area contributed by atoms with Crippen LogP contribution < -0.4 is 5.32 Å². The van der Waals surface area contributed by atoms with Gasteiger partial charge in [0.25, 0.3) is 0 Å². The lowest BCUT2D eigenvalue weighted by atomic mass is 9.91. The largest absolute Gasteiger partial charge is 0.310 e. The van der Waals surface area contributed by atoms with Crippen molar-refractivity contribution in [2.45, 2.75) is 39.3 Å². The molecule has 1 heterocycles. The van der Waals surface area contributed by atoms with Gasteiger partial charge in [-0.2, -0.15) is 0 Å². The lowest BCUT2D eigenvalue weighted by molar-refractivity contribution is 0.202. The predicted octanol–water partition coefficient (Wildman–Crippen LogP) is 2.28. The molecule has 0 saturated carbocycles. The monoisotopic (exact) mass is 328 g/mol. The second kappa shape index (κ2) is 7.06. The van der Waals surface area contributed by atoms with E-state index in [1.807, 2.05) is 6.07 Å². The molecule has 0 spiro atoms. The summed E-state index contributed by atoms with van der Waals surface area (Å²) in [5.41, 5.74) is 1.71. The molecular weight excluding hydrogens is 303 g/mol. The topological polar surface area (TPSA) is 49.4 Å². The highest BCUT2D eigenvalue weighted by Crippen LogP contribution is 2.22. The molecule has 4 nitrogen and oxygen atoms in total. The summed E-state index contributed by atoms with van der Waals surface area (Å²) in [5, 5.41) is 3.51. The average Bonchev–Trinajstić information content (AvgIpc) is 2.47. The van der Waals surface area contributed by atoms with Crippen molar-refractivity contribution in [3.8, 4) is 0 Å². The summed E-state index contributed by atoms with van der Waals surface area (Å²) < 4.78 is 38.2. The van der Waals surface area contributed by atoms with Crippen molar-refractivity contribution < 1.29 is 12.8 Å². The van der Waals surface area contributed by atoms with E-state index in [2.05, 4.69) is 12.2 Å². The first-order valence-corrected chi connectivity index (χ1v) is 9.59. The Morgan fingerprint density at radius 2 is 2.14 bits per heavy atom. The Labute approximate surface area is 132 Å². The minimum atomic E-state index is -3.11. The highest BCUT2D eigenvalue weighted by molar-refractivity contribution is 7.88. The van der Waals surface area contributed by atoms with Gasteiger partial charge in [0.1, 0.15) is 5.82 Å². The van der Waals surface area contributed by atoms with Gasteiger partial charge in [0.05, 0.1) is 6.26 Å². The van der Waals surface area contributed by atoms with Crippen molar-refractivity contribution in [2.75, 3.05) is 19.3 Å². The van der Waals surface area contributed by atoms with Crippen molar-refractivity contribution in [1.82, 2.24) is 9.62 Å². The van der Waals surface area contributed by atoms with Crippen molar-refractivity contribution in [3.63, 3.8) is 0 Å². The molecular formula is C16H25FN2O2S. The lowest BCUT2D eigenvalue weighted by Crippen LogP contribution is -2.50. The Balaban J connectivity index is 1.96. The van der Waals surface area contributed by atoms with Crippen LogP contribution in [0.3, 0.4) is 0 Å². The summed E-state index contributed by atoms with van der Waals surface area (Å²) in [6, 6.07) is 5.44. The molecule has 1 aromatic carbocycles. The molecule has 0 unspecified atom stereocenters. The fourth-order valence-corrected chi connectivity index (χ4v) is 3.95. The van der Waals surface area contributed by atoms with Crippen molar-refractivity contribution in [1.29, 1.82) is 0 Å². The molecule has 22 heavy (non-hydrogen) atoms. The second-order valence-corrected chi connectivity index (χ2v) is 8.13. The van der Waals surface area contributed by atoms with Gasteiger partial charge in [-0.15, -0.1) is 0 Å². The number of hydrogen-bond donors (Lipinski definition) is 1. The van der Waals surface area contributed by atoms with E-state index in [9.17, 15) is 12.8 Å². The van der Waals surface area contributed by atoms with Gasteiger partial charge in [-0.3, -0.25) is 0 Å². The van der Waals surface area contributed by atoms with Gasteiger partial charge in [0, 0.05) is 25.7 Å². The quantitative estimate of drug-likeness (QED) is 0.902. The highest BCUT2D eigenvalue weighted by Gasteiger charge is 2.31. The SMILES string of the molecule is CC[C@@H]1CN(S(C)(=O)=O)CC[C@H]1NCc1ccc(F)c(C)c1. The van der Waals surface area contributed by atoms with Crippen molar-refractivity contribution in [3.05, 3.63) is 35.1 Å². The molecule has 0 bridgehead atoms. The maximum Gasteiger partial charge on any atom is 0.211 e. The van der Waals surface area contributed by atoms with E-state index in [1.165, 1.54) is 12.3 Å². The number of benzene rings is 1. The van der Waals surface area contributed by atoms with E-state index >= 15 is 0 Å². The summed E-state index contributed by atoms with van der Waals surface area (Å²) >= 11 is 0. The molecule has 1 N–H and O–H groups in total. The van der Waals surface area contributed by atoms with Crippen molar-refractivity contribution >= 4 is 10.0 Å². The highest BCUT2D eigenvalue weighted by atomic mass is 32.2. The third kappa shape index (κ3) is 4.27. The van der Waals surface area contributed by atoms with Crippen LogP contribution in [-0.2, 0) is 16.6 Å². The van der Waals surface area contributed by atoms with E-state index in [0.717, 1.165) is 18.4 Å². The lowest BCUT2D eigenvalue weighted by Gasteiger charge is -2.37. The normalized spacial score (nSPS) is 23.6. The number of sulfonamides is 1. The molecule has 0 aliphatic carbocycles. The standard InChI is InChI=1S/C16H25FN2O2S/c1-4-14-11-19(22(3,20)21)8-7-16(14)18-10-13-5-6-15(17)12(2)9-13/h5-6,9,14,16,18H,4,7-8,10-11H2,1-3H3/t14-,16-/m1/s1. The zero-order chi connectivity index (χ0) is 16.3. The summed E-state index contributed by atoms with van der Waals surface area (Å²) in [5.74, 6) is 0.127. The second-order valence-electron chi connectivity index (χ2n) is 6.15. The number of piperidine rings is 1. The fraction of sp³-hybridized carbons (Fsp3) is 0.625. The number of hydrogen-bond acceptors (Lipinski definition) is 3. The van der Waals surface area contributed by atoms with Crippen LogP contribution in [0.25, 0.3) is 0 Å². The minimum Gasteiger partial charge on any atom is -0.310 e. The van der Waals surface area contributed by atoms with Crippen LogP contribution in [0.15, 0.2) is 18.2 Å². The summed E-state index contributed by atoms with van der Waals surface area (Å²) in [6.07, 6.45) is 3.02. The number of rotatable bonds is 5. The first kappa shape index (κ1) is 17.4. The van der Waals surface area contributed by atoms with E-state index < -0.39 is 10.0 Å². The van der Waals surface area contributed by atoms with Crippen LogP contribution in [-0.4, -0.2) is 38.1 Å². The van der Waals surface area contributed by atoms with Gasteiger partial charge >= 0.3 is 0 Å². The Hall–Kier alpha value is -0.980. The van der Waals surface area contributed by atoms with Crippen LogP contribution in [0.2, 0.25) is 0 Å². The minimum absolute atomic E-state index is 0.184. The van der Waals surface area contributed by atoms with Gasteiger partial charge in [0.2, 0.25) is 10.0 Å². The third-order valence-corrected chi connectivity index (χ3v) is 5.75. The molecule has 1 aliphatic heterocycles.